The summed E-state index contributed by atoms with van der Waals surface area (Å²) >= 11 is 0. The summed E-state index contributed by atoms with van der Waals surface area (Å²) < 4.78 is 8.66. The summed E-state index contributed by atoms with van der Waals surface area (Å²) in [6, 6.07) is 26.4. The van der Waals surface area contributed by atoms with E-state index in [0.29, 0.717) is 0 Å². The molecule has 30 heavy (non-hydrogen) atoms. The highest BCUT2D eigenvalue weighted by Gasteiger charge is 2.13. The third-order valence-electron chi connectivity index (χ3n) is 6.46. The highest BCUT2D eigenvalue weighted by molar-refractivity contribution is 6.16. The van der Waals surface area contributed by atoms with Crippen LogP contribution < -0.4 is 0 Å². The van der Waals surface area contributed by atoms with Gasteiger partial charge in [0, 0.05) is 39.1 Å². The third-order valence-corrected chi connectivity index (χ3v) is 6.46. The Morgan fingerprint density at radius 2 is 1.40 bits per heavy atom. The number of fused-ring (bicyclic) bond motifs is 7. The molecule has 0 amide bonds. The molecule has 148 valence electrons. The summed E-state index contributed by atoms with van der Waals surface area (Å²) in [5.41, 5.74) is 4.59. The van der Waals surface area contributed by atoms with E-state index < -0.39 is 0 Å². The van der Waals surface area contributed by atoms with Crippen LogP contribution in [0.3, 0.4) is 0 Å². The molecular formula is C28H25NO. The van der Waals surface area contributed by atoms with Crippen molar-refractivity contribution in [3.8, 4) is 0 Å². The van der Waals surface area contributed by atoms with Crippen LogP contribution in [0.5, 0.6) is 0 Å². The van der Waals surface area contributed by atoms with Gasteiger partial charge in [-0.1, -0.05) is 62.6 Å². The lowest BCUT2D eigenvalue weighted by Gasteiger charge is -2.08. The minimum absolute atomic E-state index is 0.957. The standard InChI is InChI=1S/C28H25NO/c1-2-3-4-9-14-29-25-12-7-5-10-21(25)23-15-19-16-24-22-11-6-8-13-27(22)30-28(24)18-20(19)17-26(23)29/h5-8,10-13,15-18H,2-4,9,14H2,1H3. The Hall–Kier alpha value is -3.26. The first-order valence-electron chi connectivity index (χ1n) is 11.1. The average molecular weight is 392 g/mol. The lowest BCUT2D eigenvalue weighted by molar-refractivity contribution is 0.602. The summed E-state index contributed by atoms with van der Waals surface area (Å²) in [5.74, 6) is 0. The molecule has 0 fully saturated rings. The normalized spacial score (nSPS) is 12.2. The maximum atomic E-state index is 6.15. The van der Waals surface area contributed by atoms with Crippen LogP contribution in [0.25, 0.3) is 54.5 Å². The third kappa shape index (κ3) is 2.64. The molecular weight excluding hydrogens is 366 g/mol. The molecule has 2 heteroatoms. The highest BCUT2D eigenvalue weighted by Crippen LogP contribution is 2.36. The van der Waals surface area contributed by atoms with Crippen molar-refractivity contribution in [3.05, 3.63) is 72.8 Å². The summed E-state index contributed by atoms with van der Waals surface area (Å²) in [7, 11) is 0. The second kappa shape index (κ2) is 6.91. The SMILES string of the molecule is CCCCCCn1c2ccccc2c2cc3cc4c(cc3cc21)oc1ccccc14. The van der Waals surface area contributed by atoms with Crippen molar-refractivity contribution in [2.24, 2.45) is 0 Å². The lowest BCUT2D eigenvalue weighted by Crippen LogP contribution is -1.97. The molecule has 0 aliphatic carbocycles. The van der Waals surface area contributed by atoms with Gasteiger partial charge in [-0.3, -0.25) is 0 Å². The van der Waals surface area contributed by atoms with Crippen LogP contribution in [-0.4, -0.2) is 4.57 Å². The molecule has 0 aliphatic heterocycles. The first-order chi connectivity index (χ1) is 14.8. The Balaban J connectivity index is 1.61. The predicted octanol–water partition coefficient (Wildman–Crippen LogP) is 8.43. The quantitative estimate of drug-likeness (QED) is 0.270. The number of para-hydroxylation sites is 2. The first-order valence-corrected chi connectivity index (χ1v) is 11.1. The number of hydrogen-bond donors (Lipinski definition) is 0. The topological polar surface area (TPSA) is 18.1 Å². The van der Waals surface area contributed by atoms with Gasteiger partial charge in [0.25, 0.3) is 0 Å². The van der Waals surface area contributed by atoms with Gasteiger partial charge >= 0.3 is 0 Å². The van der Waals surface area contributed by atoms with Gasteiger partial charge in [-0.15, -0.1) is 0 Å². The lowest BCUT2D eigenvalue weighted by atomic mass is 10.0. The molecule has 2 nitrogen and oxygen atoms in total. The monoisotopic (exact) mass is 391 g/mol. The van der Waals surface area contributed by atoms with Gasteiger partial charge in [0.05, 0.1) is 0 Å². The van der Waals surface area contributed by atoms with Crippen molar-refractivity contribution in [2.75, 3.05) is 0 Å². The van der Waals surface area contributed by atoms with E-state index in [1.54, 1.807) is 0 Å². The zero-order chi connectivity index (χ0) is 20.1. The van der Waals surface area contributed by atoms with Gasteiger partial charge in [-0.2, -0.15) is 0 Å². The number of furan rings is 1. The number of aromatic nitrogens is 1. The zero-order valence-electron chi connectivity index (χ0n) is 17.3. The van der Waals surface area contributed by atoms with Crippen molar-refractivity contribution < 1.29 is 4.42 Å². The number of hydrogen-bond acceptors (Lipinski definition) is 1. The second-order valence-electron chi connectivity index (χ2n) is 8.39. The number of unbranched alkanes of at least 4 members (excludes halogenated alkanes) is 3. The summed E-state index contributed by atoms with van der Waals surface area (Å²) in [6.45, 7) is 3.34. The molecule has 6 aromatic rings. The second-order valence-corrected chi connectivity index (χ2v) is 8.39. The predicted molar refractivity (Wildman–Crippen MR) is 128 cm³/mol. The molecule has 0 bridgehead atoms. The fraction of sp³-hybridized carbons (Fsp3) is 0.214. The van der Waals surface area contributed by atoms with Crippen LogP contribution in [0.1, 0.15) is 32.6 Å². The van der Waals surface area contributed by atoms with Crippen molar-refractivity contribution in [1.82, 2.24) is 4.57 Å². The Kier molecular flexibility index (Phi) is 4.05. The van der Waals surface area contributed by atoms with Gasteiger partial charge in [-0.05, 0) is 53.6 Å². The van der Waals surface area contributed by atoms with Gasteiger partial charge in [0.1, 0.15) is 11.2 Å². The first kappa shape index (κ1) is 17.6. The fourth-order valence-corrected chi connectivity index (χ4v) is 4.95. The number of rotatable bonds is 5. The fourth-order valence-electron chi connectivity index (χ4n) is 4.95. The molecule has 0 aliphatic rings. The Labute approximate surface area is 175 Å². The van der Waals surface area contributed by atoms with E-state index in [0.717, 1.165) is 17.7 Å². The zero-order valence-corrected chi connectivity index (χ0v) is 17.3. The molecule has 0 radical (unpaired) electrons. The van der Waals surface area contributed by atoms with Crippen LogP contribution in [0.15, 0.2) is 77.2 Å². The summed E-state index contributed by atoms with van der Waals surface area (Å²) in [5, 5.41) is 7.60. The van der Waals surface area contributed by atoms with Crippen molar-refractivity contribution in [3.63, 3.8) is 0 Å². The minimum atomic E-state index is 0.957. The number of benzene rings is 4. The van der Waals surface area contributed by atoms with E-state index in [2.05, 4.69) is 72.2 Å². The van der Waals surface area contributed by atoms with E-state index in [9.17, 15) is 0 Å². The molecule has 0 saturated heterocycles. The Morgan fingerprint density at radius 1 is 0.633 bits per heavy atom. The summed E-state index contributed by atoms with van der Waals surface area (Å²) in [4.78, 5) is 0. The van der Waals surface area contributed by atoms with Crippen LogP contribution in [0.2, 0.25) is 0 Å². The Morgan fingerprint density at radius 3 is 2.30 bits per heavy atom. The van der Waals surface area contributed by atoms with E-state index >= 15 is 0 Å². The molecule has 0 saturated carbocycles. The minimum Gasteiger partial charge on any atom is -0.456 e. The molecule has 6 rings (SSSR count). The van der Waals surface area contributed by atoms with Crippen LogP contribution in [0, 0.1) is 0 Å². The van der Waals surface area contributed by atoms with Gasteiger partial charge in [0.2, 0.25) is 0 Å². The summed E-state index contributed by atoms with van der Waals surface area (Å²) in [6.07, 6.45) is 5.09. The van der Waals surface area contributed by atoms with Crippen molar-refractivity contribution >= 4 is 54.5 Å². The van der Waals surface area contributed by atoms with Crippen LogP contribution >= 0.6 is 0 Å². The maximum Gasteiger partial charge on any atom is 0.136 e. The number of aryl methyl sites for hydroxylation is 1. The highest BCUT2D eigenvalue weighted by atomic mass is 16.3. The van der Waals surface area contributed by atoms with Gasteiger partial charge in [0.15, 0.2) is 0 Å². The van der Waals surface area contributed by atoms with E-state index in [1.165, 1.54) is 69.0 Å². The van der Waals surface area contributed by atoms with E-state index in [4.69, 9.17) is 4.42 Å². The molecule has 0 atom stereocenters. The average Bonchev–Trinajstić information content (AvgIpc) is 3.29. The molecule has 0 unspecified atom stereocenters. The van der Waals surface area contributed by atoms with E-state index in [1.807, 2.05) is 12.1 Å². The molecule has 4 aromatic carbocycles. The Bertz CT molecular complexity index is 1530. The van der Waals surface area contributed by atoms with Crippen molar-refractivity contribution in [1.29, 1.82) is 0 Å². The molecule has 0 spiro atoms. The van der Waals surface area contributed by atoms with Crippen molar-refractivity contribution in [2.45, 2.75) is 39.2 Å². The smallest absolute Gasteiger partial charge is 0.136 e. The van der Waals surface area contributed by atoms with Gasteiger partial charge < -0.3 is 8.98 Å². The van der Waals surface area contributed by atoms with Crippen LogP contribution in [0.4, 0.5) is 0 Å². The van der Waals surface area contributed by atoms with Crippen LogP contribution in [-0.2, 0) is 6.54 Å². The van der Waals surface area contributed by atoms with Gasteiger partial charge in [-0.25, -0.2) is 0 Å². The largest absolute Gasteiger partial charge is 0.456 e. The molecule has 2 aromatic heterocycles. The van der Waals surface area contributed by atoms with E-state index in [-0.39, 0.29) is 0 Å². The molecule has 0 N–H and O–H groups in total. The maximum absolute atomic E-state index is 6.15. The molecule has 2 heterocycles. The number of nitrogens with zero attached hydrogens (tertiary/aromatic N) is 1.